The van der Waals surface area contributed by atoms with E-state index in [4.69, 9.17) is 4.74 Å². The lowest BCUT2D eigenvalue weighted by atomic mass is 9.97. The summed E-state index contributed by atoms with van der Waals surface area (Å²) in [5.74, 6) is -3.71. The minimum Gasteiger partial charge on any atom is -0.480 e. The minimum absolute atomic E-state index is 0.127. The molecule has 2 unspecified atom stereocenters. The Hall–Kier alpha value is -2.44. The van der Waals surface area contributed by atoms with Crippen molar-refractivity contribution in [2.45, 2.75) is 39.2 Å². The molecule has 1 rings (SSSR count). The molecule has 0 heterocycles. The molecular formula is C14H17NO6. The summed E-state index contributed by atoms with van der Waals surface area (Å²) in [6.45, 7) is 4.96. The number of hydrogen-bond donors (Lipinski definition) is 1. The number of nitrogens with zero attached hydrogens (tertiary/aromatic N) is 1. The Balaban J connectivity index is 3.12. The van der Waals surface area contributed by atoms with Crippen LogP contribution in [-0.4, -0.2) is 28.1 Å². The van der Waals surface area contributed by atoms with Crippen LogP contribution in [-0.2, 0) is 14.3 Å². The van der Waals surface area contributed by atoms with Gasteiger partial charge in [0.05, 0.1) is 11.0 Å². The molecule has 114 valence electrons. The van der Waals surface area contributed by atoms with Crippen LogP contribution in [0, 0.1) is 17.0 Å². The summed E-state index contributed by atoms with van der Waals surface area (Å²) >= 11 is 0. The van der Waals surface area contributed by atoms with Crippen molar-refractivity contribution in [1.82, 2.24) is 0 Å². The van der Waals surface area contributed by atoms with Crippen molar-refractivity contribution in [2.24, 2.45) is 0 Å². The number of hydrogen-bond acceptors (Lipinski definition) is 5. The van der Waals surface area contributed by atoms with E-state index in [0.717, 1.165) is 0 Å². The topological polar surface area (TPSA) is 107 Å². The van der Waals surface area contributed by atoms with Crippen LogP contribution in [0.25, 0.3) is 0 Å². The van der Waals surface area contributed by atoms with E-state index in [9.17, 15) is 24.8 Å². The molecule has 0 bridgehead atoms. The smallest absolute Gasteiger partial charge is 0.325 e. The fourth-order valence-electron chi connectivity index (χ4n) is 1.79. The van der Waals surface area contributed by atoms with E-state index >= 15 is 0 Å². The zero-order valence-corrected chi connectivity index (χ0v) is 12.0. The number of carbonyl (C=O) groups is 2. The largest absolute Gasteiger partial charge is 0.480 e. The van der Waals surface area contributed by atoms with Crippen molar-refractivity contribution in [3.8, 4) is 0 Å². The van der Waals surface area contributed by atoms with Crippen LogP contribution in [0.15, 0.2) is 18.2 Å². The number of benzene rings is 1. The molecule has 0 aliphatic rings. The lowest BCUT2D eigenvalue weighted by Crippen LogP contribution is -2.26. The molecule has 2 atom stereocenters. The summed E-state index contributed by atoms with van der Waals surface area (Å²) in [6, 6.07) is 3.79. The number of esters is 1. The van der Waals surface area contributed by atoms with Crippen LogP contribution in [0.5, 0.6) is 0 Å². The van der Waals surface area contributed by atoms with Crippen molar-refractivity contribution in [2.75, 3.05) is 0 Å². The average Bonchev–Trinajstić information content (AvgIpc) is 2.37. The number of rotatable bonds is 6. The summed E-state index contributed by atoms with van der Waals surface area (Å²) in [5.41, 5.74) is 0.331. The fourth-order valence-corrected chi connectivity index (χ4v) is 1.79. The number of nitro benzene ring substituents is 1. The third-order valence-corrected chi connectivity index (χ3v) is 3.13. The van der Waals surface area contributed by atoms with Gasteiger partial charge in [-0.2, -0.15) is 0 Å². The maximum Gasteiger partial charge on any atom is 0.325 e. The molecule has 0 fully saturated rings. The quantitative estimate of drug-likeness (QED) is 0.374. The SMILES string of the molecule is CCC(C)OC(=O)C(C(=O)O)c1ccc([N+](=O)[O-])c(C)c1. The van der Waals surface area contributed by atoms with E-state index in [1.165, 1.54) is 25.1 Å². The van der Waals surface area contributed by atoms with Crippen LogP contribution in [0.4, 0.5) is 5.69 Å². The van der Waals surface area contributed by atoms with Gasteiger partial charge < -0.3 is 9.84 Å². The van der Waals surface area contributed by atoms with Crippen LogP contribution >= 0.6 is 0 Å². The molecule has 7 heteroatoms. The Morgan fingerprint density at radius 1 is 1.43 bits per heavy atom. The molecule has 7 nitrogen and oxygen atoms in total. The maximum absolute atomic E-state index is 11.9. The minimum atomic E-state index is -1.49. The highest BCUT2D eigenvalue weighted by Crippen LogP contribution is 2.25. The summed E-state index contributed by atoms with van der Waals surface area (Å²) < 4.78 is 5.04. The van der Waals surface area contributed by atoms with Gasteiger partial charge in [-0.15, -0.1) is 0 Å². The highest BCUT2D eigenvalue weighted by molar-refractivity contribution is 6.00. The van der Waals surface area contributed by atoms with Gasteiger partial charge in [-0.3, -0.25) is 19.7 Å². The van der Waals surface area contributed by atoms with Gasteiger partial charge in [0.15, 0.2) is 5.92 Å². The van der Waals surface area contributed by atoms with Crippen molar-refractivity contribution in [3.05, 3.63) is 39.4 Å². The first-order chi connectivity index (χ1) is 9.77. The van der Waals surface area contributed by atoms with Crippen LogP contribution < -0.4 is 0 Å². The predicted octanol–water partition coefficient (Wildman–Crippen LogP) is 2.41. The fraction of sp³-hybridized carbons (Fsp3) is 0.429. The first-order valence-electron chi connectivity index (χ1n) is 6.46. The number of aliphatic carboxylic acids is 1. The standard InChI is InChI=1S/C14H17NO6/c1-4-9(3)21-14(18)12(13(16)17)10-5-6-11(15(19)20)8(2)7-10/h5-7,9,12H,4H2,1-3H3,(H,16,17). The maximum atomic E-state index is 11.9. The molecule has 1 aromatic carbocycles. The number of aryl methyl sites for hydroxylation is 1. The second kappa shape index (κ2) is 6.83. The molecule has 0 aromatic heterocycles. The normalized spacial score (nSPS) is 13.3. The summed E-state index contributed by atoms with van der Waals surface area (Å²) in [4.78, 5) is 33.4. The number of carboxylic acids is 1. The van der Waals surface area contributed by atoms with Gasteiger partial charge in [0.2, 0.25) is 0 Å². The van der Waals surface area contributed by atoms with Crippen molar-refractivity contribution in [1.29, 1.82) is 0 Å². The number of carbonyl (C=O) groups excluding carboxylic acids is 1. The monoisotopic (exact) mass is 295 g/mol. The first kappa shape index (κ1) is 16.6. The molecule has 0 aliphatic carbocycles. The first-order valence-corrected chi connectivity index (χ1v) is 6.46. The summed E-state index contributed by atoms with van der Waals surface area (Å²) in [7, 11) is 0. The Labute approximate surface area is 121 Å². The van der Waals surface area contributed by atoms with E-state index in [-0.39, 0.29) is 11.3 Å². The van der Waals surface area contributed by atoms with Crippen molar-refractivity contribution >= 4 is 17.6 Å². The van der Waals surface area contributed by atoms with Crippen LogP contribution in [0.3, 0.4) is 0 Å². The second-order valence-electron chi connectivity index (χ2n) is 4.73. The van der Waals surface area contributed by atoms with Gasteiger partial charge in [0.1, 0.15) is 0 Å². The molecule has 1 aromatic rings. The Bertz CT molecular complexity index is 569. The Kier molecular flexibility index (Phi) is 5.40. The molecule has 1 N–H and O–H groups in total. The molecule has 21 heavy (non-hydrogen) atoms. The highest BCUT2D eigenvalue weighted by Gasteiger charge is 2.31. The number of nitro groups is 1. The second-order valence-corrected chi connectivity index (χ2v) is 4.73. The van der Waals surface area contributed by atoms with Gasteiger partial charge in [0.25, 0.3) is 5.69 Å². The lowest BCUT2D eigenvalue weighted by Gasteiger charge is -2.16. The van der Waals surface area contributed by atoms with E-state index in [1.54, 1.807) is 6.92 Å². The van der Waals surface area contributed by atoms with Crippen LogP contribution in [0.1, 0.15) is 37.3 Å². The van der Waals surface area contributed by atoms with E-state index in [0.29, 0.717) is 12.0 Å². The van der Waals surface area contributed by atoms with E-state index < -0.39 is 28.9 Å². The Morgan fingerprint density at radius 2 is 2.05 bits per heavy atom. The number of ether oxygens (including phenoxy) is 1. The van der Waals surface area contributed by atoms with E-state index in [2.05, 4.69) is 0 Å². The zero-order chi connectivity index (χ0) is 16.2. The average molecular weight is 295 g/mol. The third-order valence-electron chi connectivity index (χ3n) is 3.13. The molecule has 0 radical (unpaired) electrons. The molecule has 0 amide bonds. The zero-order valence-electron chi connectivity index (χ0n) is 12.0. The molecule has 0 aliphatic heterocycles. The predicted molar refractivity (Wildman–Crippen MR) is 74.1 cm³/mol. The van der Waals surface area contributed by atoms with Crippen molar-refractivity contribution in [3.63, 3.8) is 0 Å². The van der Waals surface area contributed by atoms with Gasteiger partial charge in [-0.25, -0.2) is 0 Å². The molecule has 0 saturated carbocycles. The van der Waals surface area contributed by atoms with Crippen LogP contribution in [0.2, 0.25) is 0 Å². The van der Waals surface area contributed by atoms with E-state index in [1.807, 2.05) is 6.92 Å². The molecular weight excluding hydrogens is 278 g/mol. The molecule has 0 saturated heterocycles. The Morgan fingerprint density at radius 3 is 2.48 bits per heavy atom. The van der Waals surface area contributed by atoms with Gasteiger partial charge in [-0.1, -0.05) is 13.0 Å². The van der Waals surface area contributed by atoms with Gasteiger partial charge in [0, 0.05) is 11.6 Å². The highest BCUT2D eigenvalue weighted by atomic mass is 16.6. The van der Waals surface area contributed by atoms with Crippen molar-refractivity contribution < 1.29 is 24.4 Å². The third kappa shape index (κ3) is 4.01. The summed E-state index contributed by atoms with van der Waals surface area (Å²) in [5, 5.41) is 20.0. The molecule has 0 spiro atoms. The van der Waals surface area contributed by atoms with Gasteiger partial charge >= 0.3 is 11.9 Å². The summed E-state index contributed by atoms with van der Waals surface area (Å²) in [6.07, 6.45) is 0.177. The lowest BCUT2D eigenvalue weighted by molar-refractivity contribution is -0.385. The number of carboxylic acid groups (broad SMARTS) is 1. The van der Waals surface area contributed by atoms with Gasteiger partial charge in [-0.05, 0) is 31.9 Å².